The Kier molecular flexibility index (Phi) is 4.22. The highest BCUT2D eigenvalue weighted by molar-refractivity contribution is 6.05. The van der Waals surface area contributed by atoms with Crippen LogP contribution in [0.15, 0.2) is 30.3 Å². The number of carbonyl (C=O) groups is 2. The number of imide groups is 1. The summed E-state index contributed by atoms with van der Waals surface area (Å²) in [6.45, 7) is 1.88. The summed E-state index contributed by atoms with van der Waals surface area (Å²) in [6, 6.07) is 9.67. The summed E-state index contributed by atoms with van der Waals surface area (Å²) in [5.74, 6) is -0.242. The van der Waals surface area contributed by atoms with Crippen molar-refractivity contribution in [3.05, 3.63) is 35.9 Å². The topological polar surface area (TPSA) is 49.4 Å². The number of carbonyl (C=O) groups excluding carboxylic acids is 2. The fraction of sp³-hybridized carbons (Fsp3) is 0.429. The van der Waals surface area contributed by atoms with Crippen molar-refractivity contribution < 1.29 is 9.59 Å². The summed E-state index contributed by atoms with van der Waals surface area (Å²) in [7, 11) is 0. The first-order chi connectivity index (χ1) is 8.77. The van der Waals surface area contributed by atoms with E-state index in [2.05, 4.69) is 5.32 Å². The molecule has 0 bridgehead atoms. The van der Waals surface area contributed by atoms with Crippen molar-refractivity contribution in [3.63, 3.8) is 0 Å². The minimum absolute atomic E-state index is 0. The van der Waals surface area contributed by atoms with E-state index in [9.17, 15) is 9.59 Å². The minimum Gasteiger partial charge on any atom is -0.316 e. The van der Waals surface area contributed by atoms with E-state index >= 15 is 0 Å². The van der Waals surface area contributed by atoms with E-state index in [1.807, 2.05) is 30.3 Å². The Morgan fingerprint density at radius 2 is 1.79 bits per heavy atom. The van der Waals surface area contributed by atoms with Crippen molar-refractivity contribution in [2.75, 3.05) is 13.1 Å². The number of nitrogens with one attached hydrogen (secondary N) is 1. The maximum Gasteiger partial charge on any atom is 0.234 e. The fourth-order valence-electron chi connectivity index (χ4n) is 2.84. The van der Waals surface area contributed by atoms with Gasteiger partial charge in [0.25, 0.3) is 0 Å². The summed E-state index contributed by atoms with van der Waals surface area (Å²) in [5, 5.41) is 3.19. The smallest absolute Gasteiger partial charge is 0.234 e. The van der Waals surface area contributed by atoms with Crippen molar-refractivity contribution in [1.29, 1.82) is 0 Å². The summed E-state index contributed by atoms with van der Waals surface area (Å²) in [5.41, 5.74) is 1.01. The molecule has 2 aliphatic heterocycles. The third-order valence-corrected chi connectivity index (χ3v) is 3.83. The van der Waals surface area contributed by atoms with Gasteiger partial charge in [0.05, 0.1) is 18.4 Å². The van der Waals surface area contributed by atoms with Crippen molar-refractivity contribution >= 4 is 24.2 Å². The van der Waals surface area contributed by atoms with Crippen molar-refractivity contribution in [3.8, 4) is 0 Å². The van der Waals surface area contributed by atoms with Gasteiger partial charge in [0, 0.05) is 6.54 Å². The van der Waals surface area contributed by atoms with Crippen molar-refractivity contribution in [1.82, 2.24) is 10.2 Å². The lowest BCUT2D eigenvalue weighted by Crippen LogP contribution is -2.38. The number of rotatable bonds is 2. The number of hydrogen-bond acceptors (Lipinski definition) is 3. The van der Waals surface area contributed by atoms with Gasteiger partial charge in [-0.15, -0.1) is 12.4 Å². The third kappa shape index (κ3) is 2.51. The van der Waals surface area contributed by atoms with Gasteiger partial charge in [-0.05, 0) is 18.5 Å². The van der Waals surface area contributed by atoms with Crippen LogP contribution in [0, 0.1) is 11.8 Å². The molecular weight excluding hydrogens is 264 g/mol. The first kappa shape index (κ1) is 14.0. The number of fused-ring (bicyclic) bond motifs is 1. The third-order valence-electron chi connectivity index (χ3n) is 3.83. The second kappa shape index (κ2) is 5.72. The molecule has 0 aromatic heterocycles. The molecular formula is C14H17ClN2O2. The molecule has 2 unspecified atom stereocenters. The Bertz CT molecular complexity index is 454. The molecule has 19 heavy (non-hydrogen) atoms. The minimum atomic E-state index is -0.144. The van der Waals surface area contributed by atoms with Crippen LogP contribution in [0.1, 0.15) is 12.0 Å². The maximum atomic E-state index is 12.2. The Morgan fingerprint density at radius 1 is 1.11 bits per heavy atom. The first-order valence-corrected chi connectivity index (χ1v) is 6.37. The summed E-state index contributed by atoms with van der Waals surface area (Å²) >= 11 is 0. The number of hydrogen-bond donors (Lipinski definition) is 1. The Balaban J connectivity index is 0.00000133. The van der Waals surface area contributed by atoms with E-state index in [-0.39, 0.29) is 36.1 Å². The molecule has 2 saturated heterocycles. The molecule has 102 valence electrons. The van der Waals surface area contributed by atoms with E-state index in [4.69, 9.17) is 0 Å². The van der Waals surface area contributed by atoms with Gasteiger partial charge >= 0.3 is 0 Å². The lowest BCUT2D eigenvalue weighted by Gasteiger charge is -2.21. The summed E-state index contributed by atoms with van der Waals surface area (Å²) in [6.07, 6.45) is 0.778. The predicted molar refractivity (Wildman–Crippen MR) is 73.7 cm³/mol. The second-order valence-corrected chi connectivity index (χ2v) is 4.95. The highest BCUT2D eigenvalue weighted by Gasteiger charge is 2.47. The average Bonchev–Trinajstić information content (AvgIpc) is 2.66. The molecule has 3 rings (SSSR count). The molecule has 0 radical (unpaired) electrons. The monoisotopic (exact) mass is 280 g/mol. The molecule has 4 nitrogen and oxygen atoms in total. The van der Waals surface area contributed by atoms with Gasteiger partial charge in [-0.25, -0.2) is 0 Å². The SMILES string of the molecule is Cl.O=C1C2CCNCC2C(=O)N1Cc1ccccc1. The molecule has 2 heterocycles. The van der Waals surface area contributed by atoms with Gasteiger partial charge < -0.3 is 5.32 Å². The van der Waals surface area contributed by atoms with Crippen LogP contribution in [-0.4, -0.2) is 29.8 Å². The molecule has 2 fully saturated rings. The zero-order valence-electron chi connectivity index (χ0n) is 10.5. The predicted octanol–water partition coefficient (Wildman–Crippen LogP) is 1.20. The Morgan fingerprint density at radius 3 is 2.47 bits per heavy atom. The van der Waals surface area contributed by atoms with Gasteiger partial charge in [-0.1, -0.05) is 30.3 Å². The Hall–Kier alpha value is -1.39. The quantitative estimate of drug-likeness (QED) is 0.829. The van der Waals surface area contributed by atoms with Crippen LogP contribution in [0.25, 0.3) is 0 Å². The van der Waals surface area contributed by atoms with E-state index in [1.165, 1.54) is 4.90 Å². The zero-order valence-corrected chi connectivity index (χ0v) is 11.4. The van der Waals surface area contributed by atoms with E-state index in [1.54, 1.807) is 0 Å². The average molecular weight is 281 g/mol. The van der Waals surface area contributed by atoms with Crippen molar-refractivity contribution in [2.45, 2.75) is 13.0 Å². The molecule has 0 saturated carbocycles. The lowest BCUT2D eigenvalue weighted by molar-refractivity contribution is -0.140. The first-order valence-electron chi connectivity index (χ1n) is 6.37. The van der Waals surface area contributed by atoms with Gasteiger partial charge in [0.15, 0.2) is 0 Å². The lowest BCUT2D eigenvalue weighted by atomic mass is 9.89. The Labute approximate surface area is 118 Å². The largest absolute Gasteiger partial charge is 0.316 e. The molecule has 1 aromatic carbocycles. The number of likely N-dealkylation sites (tertiary alicyclic amines) is 1. The van der Waals surface area contributed by atoms with Gasteiger partial charge in [0.1, 0.15) is 0 Å². The number of piperidine rings is 1. The molecule has 1 aromatic rings. The van der Waals surface area contributed by atoms with Crippen LogP contribution in [0.2, 0.25) is 0 Å². The maximum absolute atomic E-state index is 12.2. The highest BCUT2D eigenvalue weighted by atomic mass is 35.5. The standard InChI is InChI=1S/C14H16N2O2.ClH/c17-13-11-6-7-15-8-12(11)14(18)16(13)9-10-4-2-1-3-5-10;/h1-5,11-12,15H,6-9H2;1H. The molecule has 2 aliphatic rings. The molecule has 1 N–H and O–H groups in total. The van der Waals surface area contributed by atoms with Gasteiger partial charge in [-0.2, -0.15) is 0 Å². The van der Waals surface area contributed by atoms with Gasteiger partial charge in [-0.3, -0.25) is 14.5 Å². The fourth-order valence-corrected chi connectivity index (χ4v) is 2.84. The highest BCUT2D eigenvalue weighted by Crippen LogP contribution is 2.31. The van der Waals surface area contributed by atoms with E-state index in [0.29, 0.717) is 13.1 Å². The molecule has 0 aliphatic carbocycles. The van der Waals surface area contributed by atoms with Crippen LogP contribution in [-0.2, 0) is 16.1 Å². The summed E-state index contributed by atoms with van der Waals surface area (Å²) in [4.78, 5) is 25.9. The van der Waals surface area contributed by atoms with E-state index in [0.717, 1.165) is 18.5 Å². The van der Waals surface area contributed by atoms with Crippen LogP contribution in [0.4, 0.5) is 0 Å². The van der Waals surface area contributed by atoms with E-state index < -0.39 is 0 Å². The van der Waals surface area contributed by atoms with Gasteiger partial charge in [0.2, 0.25) is 11.8 Å². The molecule has 2 amide bonds. The number of benzene rings is 1. The zero-order chi connectivity index (χ0) is 12.5. The number of nitrogens with zero attached hydrogens (tertiary/aromatic N) is 1. The molecule has 2 atom stereocenters. The number of halogens is 1. The van der Waals surface area contributed by atoms with Crippen LogP contribution >= 0.6 is 12.4 Å². The van der Waals surface area contributed by atoms with Crippen LogP contribution < -0.4 is 5.32 Å². The normalized spacial score (nSPS) is 26.0. The number of amides is 2. The second-order valence-electron chi connectivity index (χ2n) is 4.95. The van der Waals surface area contributed by atoms with Crippen LogP contribution in [0.3, 0.4) is 0 Å². The summed E-state index contributed by atoms with van der Waals surface area (Å²) < 4.78 is 0. The molecule has 0 spiro atoms. The van der Waals surface area contributed by atoms with Crippen molar-refractivity contribution in [2.24, 2.45) is 11.8 Å². The van der Waals surface area contributed by atoms with Crippen LogP contribution in [0.5, 0.6) is 0 Å². The molecule has 5 heteroatoms.